The van der Waals surface area contributed by atoms with Crippen LogP contribution >= 0.6 is 0 Å². The first-order chi connectivity index (χ1) is 6.92. The highest BCUT2D eigenvalue weighted by molar-refractivity contribution is 5.41. The smallest absolute Gasteiger partial charge is 0.247 e. The Morgan fingerprint density at radius 3 is 2.40 bits per heavy atom. The molecule has 0 radical (unpaired) electrons. The lowest BCUT2D eigenvalue weighted by atomic mass is 9.85. The minimum Gasteiger partial charge on any atom is -0.483 e. The third kappa shape index (κ3) is 1.67. The van der Waals surface area contributed by atoms with Gasteiger partial charge in [0.05, 0.1) is 0 Å². The molecule has 1 aliphatic rings. The van der Waals surface area contributed by atoms with Crippen molar-refractivity contribution < 1.29 is 14.6 Å². The lowest BCUT2D eigenvalue weighted by Crippen LogP contribution is -2.54. The molecule has 0 spiro atoms. The van der Waals surface area contributed by atoms with Crippen molar-refractivity contribution in [2.45, 2.75) is 26.6 Å². The predicted octanol–water partition coefficient (Wildman–Crippen LogP) is 2.19. The number of fused-ring (bicyclic) bond motifs is 1. The number of benzene rings is 1. The minimum atomic E-state index is -1.26. The fraction of sp³-hybridized carbons (Fsp3) is 0.500. The molecular weight excluding hydrogens is 192 g/mol. The van der Waals surface area contributed by atoms with Gasteiger partial charge in [0, 0.05) is 5.41 Å². The summed E-state index contributed by atoms with van der Waals surface area (Å²) >= 11 is 0. The summed E-state index contributed by atoms with van der Waals surface area (Å²) in [7, 11) is 0. The van der Waals surface area contributed by atoms with Crippen LogP contribution in [0.15, 0.2) is 24.3 Å². The van der Waals surface area contributed by atoms with Crippen LogP contribution in [0.3, 0.4) is 0 Å². The molecule has 1 N–H and O–H groups in total. The van der Waals surface area contributed by atoms with Gasteiger partial charge in [-0.25, -0.2) is 0 Å². The van der Waals surface area contributed by atoms with Gasteiger partial charge in [0.15, 0.2) is 18.1 Å². The molecule has 0 saturated carbocycles. The Morgan fingerprint density at radius 2 is 1.80 bits per heavy atom. The monoisotopic (exact) mass is 208 g/mol. The van der Waals surface area contributed by atoms with Gasteiger partial charge in [-0.15, -0.1) is 0 Å². The van der Waals surface area contributed by atoms with Crippen molar-refractivity contribution in [2.24, 2.45) is 5.41 Å². The fourth-order valence-electron chi connectivity index (χ4n) is 1.41. The molecule has 1 unspecified atom stereocenters. The summed E-state index contributed by atoms with van der Waals surface area (Å²) < 4.78 is 11.1. The SMILES string of the molecule is CC(C)(C)C1(O)COc2ccccc2O1. The van der Waals surface area contributed by atoms with Crippen molar-refractivity contribution in [3.8, 4) is 11.5 Å². The van der Waals surface area contributed by atoms with E-state index in [-0.39, 0.29) is 12.0 Å². The molecule has 1 aromatic carbocycles. The zero-order valence-electron chi connectivity index (χ0n) is 9.28. The van der Waals surface area contributed by atoms with E-state index in [1.165, 1.54) is 0 Å². The molecule has 0 fully saturated rings. The topological polar surface area (TPSA) is 38.7 Å². The van der Waals surface area contributed by atoms with E-state index in [4.69, 9.17) is 9.47 Å². The number of hydrogen-bond donors (Lipinski definition) is 1. The van der Waals surface area contributed by atoms with Gasteiger partial charge in [-0.05, 0) is 12.1 Å². The number of aliphatic hydroxyl groups is 1. The molecule has 1 atom stereocenters. The molecule has 3 nitrogen and oxygen atoms in total. The zero-order chi connectivity index (χ0) is 11.1. The summed E-state index contributed by atoms with van der Waals surface area (Å²) in [5.41, 5.74) is -0.388. The van der Waals surface area contributed by atoms with Gasteiger partial charge in [0.25, 0.3) is 0 Å². The molecule has 2 rings (SSSR count). The van der Waals surface area contributed by atoms with E-state index in [0.29, 0.717) is 11.5 Å². The van der Waals surface area contributed by atoms with E-state index in [1.807, 2.05) is 39.0 Å². The Balaban J connectivity index is 2.33. The molecule has 1 heterocycles. The highest BCUT2D eigenvalue weighted by atomic mass is 16.7. The van der Waals surface area contributed by atoms with E-state index in [1.54, 1.807) is 6.07 Å². The molecule has 15 heavy (non-hydrogen) atoms. The zero-order valence-corrected chi connectivity index (χ0v) is 9.28. The number of rotatable bonds is 0. The van der Waals surface area contributed by atoms with Crippen LogP contribution in [-0.4, -0.2) is 17.5 Å². The molecule has 0 saturated heterocycles. The molecule has 0 aliphatic carbocycles. The van der Waals surface area contributed by atoms with Gasteiger partial charge < -0.3 is 14.6 Å². The first-order valence-corrected chi connectivity index (χ1v) is 5.06. The van der Waals surface area contributed by atoms with E-state index < -0.39 is 5.79 Å². The summed E-state index contributed by atoms with van der Waals surface area (Å²) in [6.07, 6.45) is 0. The second kappa shape index (κ2) is 3.14. The maximum atomic E-state index is 10.3. The molecule has 0 amide bonds. The van der Waals surface area contributed by atoms with Crippen LogP contribution in [0.25, 0.3) is 0 Å². The van der Waals surface area contributed by atoms with Crippen LogP contribution in [0.4, 0.5) is 0 Å². The number of ether oxygens (including phenoxy) is 2. The second-order valence-corrected chi connectivity index (χ2v) is 4.87. The maximum Gasteiger partial charge on any atom is 0.247 e. The average Bonchev–Trinajstić information content (AvgIpc) is 2.16. The Kier molecular flexibility index (Phi) is 2.15. The van der Waals surface area contributed by atoms with Crippen molar-refractivity contribution in [3.05, 3.63) is 24.3 Å². The van der Waals surface area contributed by atoms with Crippen molar-refractivity contribution in [1.82, 2.24) is 0 Å². The molecule has 1 aliphatic heterocycles. The lowest BCUT2D eigenvalue weighted by Gasteiger charge is -2.42. The van der Waals surface area contributed by atoms with Crippen molar-refractivity contribution in [3.63, 3.8) is 0 Å². The Labute approximate surface area is 89.6 Å². The second-order valence-electron chi connectivity index (χ2n) is 4.87. The van der Waals surface area contributed by atoms with Gasteiger partial charge in [-0.1, -0.05) is 32.9 Å². The van der Waals surface area contributed by atoms with E-state index in [9.17, 15) is 5.11 Å². The molecule has 0 bridgehead atoms. The summed E-state index contributed by atoms with van der Waals surface area (Å²) in [5.74, 6) is 0.0223. The molecule has 1 aromatic rings. The quantitative estimate of drug-likeness (QED) is 0.710. The first-order valence-electron chi connectivity index (χ1n) is 5.06. The van der Waals surface area contributed by atoms with Gasteiger partial charge in [0.1, 0.15) is 0 Å². The summed E-state index contributed by atoms with van der Waals surface area (Å²) in [6, 6.07) is 7.36. The Morgan fingerprint density at radius 1 is 1.20 bits per heavy atom. The number of hydrogen-bond acceptors (Lipinski definition) is 3. The van der Waals surface area contributed by atoms with Crippen molar-refractivity contribution in [2.75, 3.05) is 6.61 Å². The Hall–Kier alpha value is -1.22. The standard InChI is InChI=1S/C12H16O3/c1-11(2,3)12(13)8-14-9-6-4-5-7-10(9)15-12/h4-7,13H,8H2,1-3H3. The first kappa shape index (κ1) is 10.3. The highest BCUT2D eigenvalue weighted by Gasteiger charge is 2.46. The van der Waals surface area contributed by atoms with Crippen LogP contribution in [0.2, 0.25) is 0 Å². The van der Waals surface area contributed by atoms with Crippen LogP contribution in [0.1, 0.15) is 20.8 Å². The van der Waals surface area contributed by atoms with E-state index in [0.717, 1.165) is 0 Å². The molecule has 0 aromatic heterocycles. The van der Waals surface area contributed by atoms with Gasteiger partial charge in [-0.3, -0.25) is 0 Å². The summed E-state index contributed by atoms with van der Waals surface area (Å²) in [5, 5.41) is 10.3. The maximum absolute atomic E-state index is 10.3. The largest absolute Gasteiger partial charge is 0.483 e. The van der Waals surface area contributed by atoms with Crippen LogP contribution in [0, 0.1) is 5.41 Å². The summed E-state index contributed by atoms with van der Waals surface area (Å²) in [6.45, 7) is 5.92. The summed E-state index contributed by atoms with van der Waals surface area (Å²) in [4.78, 5) is 0. The normalized spacial score (nSPS) is 25.1. The van der Waals surface area contributed by atoms with Gasteiger partial charge in [0.2, 0.25) is 5.79 Å². The third-order valence-electron chi connectivity index (χ3n) is 2.72. The molecular formula is C12H16O3. The number of para-hydroxylation sites is 2. The molecule has 82 valence electrons. The lowest BCUT2D eigenvalue weighted by molar-refractivity contribution is -0.234. The highest BCUT2D eigenvalue weighted by Crippen LogP contribution is 2.40. The predicted molar refractivity (Wildman–Crippen MR) is 57.0 cm³/mol. The van der Waals surface area contributed by atoms with Gasteiger partial charge in [-0.2, -0.15) is 0 Å². The van der Waals surface area contributed by atoms with Crippen molar-refractivity contribution >= 4 is 0 Å². The fourth-order valence-corrected chi connectivity index (χ4v) is 1.41. The molecule has 3 heteroatoms. The third-order valence-corrected chi connectivity index (χ3v) is 2.72. The van der Waals surface area contributed by atoms with Crippen LogP contribution in [0.5, 0.6) is 11.5 Å². The van der Waals surface area contributed by atoms with E-state index >= 15 is 0 Å². The van der Waals surface area contributed by atoms with E-state index in [2.05, 4.69) is 0 Å². The van der Waals surface area contributed by atoms with Gasteiger partial charge >= 0.3 is 0 Å². The Bertz CT molecular complexity index is 367. The van der Waals surface area contributed by atoms with Crippen molar-refractivity contribution in [1.29, 1.82) is 0 Å². The van der Waals surface area contributed by atoms with Crippen LogP contribution < -0.4 is 9.47 Å². The van der Waals surface area contributed by atoms with Crippen LogP contribution in [-0.2, 0) is 0 Å². The minimum absolute atomic E-state index is 0.160. The average molecular weight is 208 g/mol.